The maximum absolute atomic E-state index is 12.0. The van der Waals surface area contributed by atoms with E-state index >= 15 is 0 Å². The van der Waals surface area contributed by atoms with Crippen LogP contribution in [0.15, 0.2) is 17.3 Å². The topological polar surface area (TPSA) is 90.0 Å². The summed E-state index contributed by atoms with van der Waals surface area (Å²) in [5.74, 6) is 0. The first-order valence-corrected chi connectivity index (χ1v) is 6.75. The van der Waals surface area contributed by atoms with Gasteiger partial charge in [0.15, 0.2) is 5.03 Å². The van der Waals surface area contributed by atoms with E-state index in [0.29, 0.717) is 0 Å². The second-order valence-corrected chi connectivity index (χ2v) is 5.78. The summed E-state index contributed by atoms with van der Waals surface area (Å²) in [5.41, 5.74) is 5.83. The predicted octanol–water partition coefficient (Wildman–Crippen LogP) is -0.422. The van der Waals surface area contributed by atoms with Crippen LogP contribution in [0.3, 0.4) is 0 Å². The number of rotatable bonds is 3. The minimum Gasteiger partial charge on any atom is -0.326 e. The zero-order chi connectivity index (χ0) is 11.8. The van der Waals surface area contributed by atoms with Crippen LogP contribution in [0.5, 0.6) is 0 Å². The van der Waals surface area contributed by atoms with Gasteiger partial charge in [-0.2, -0.15) is 5.10 Å². The summed E-state index contributed by atoms with van der Waals surface area (Å²) < 4.78 is 27.9. The van der Waals surface area contributed by atoms with Crippen LogP contribution in [0, 0.1) is 0 Å². The fraction of sp³-hybridized carbons (Fsp3) is 0.667. The maximum Gasteiger partial charge on any atom is 0.258 e. The van der Waals surface area contributed by atoms with Gasteiger partial charge in [-0.3, -0.25) is 4.68 Å². The first-order valence-electron chi connectivity index (χ1n) is 5.26. The van der Waals surface area contributed by atoms with E-state index in [1.807, 2.05) is 0 Å². The highest BCUT2D eigenvalue weighted by Gasteiger charge is 2.29. The molecule has 3 N–H and O–H groups in total. The molecule has 1 aliphatic carbocycles. The lowest BCUT2D eigenvalue weighted by Crippen LogP contribution is -2.44. The number of nitrogens with two attached hydrogens (primary N) is 1. The molecule has 1 aromatic heterocycles. The fourth-order valence-corrected chi connectivity index (χ4v) is 3.47. The van der Waals surface area contributed by atoms with E-state index in [-0.39, 0.29) is 17.1 Å². The van der Waals surface area contributed by atoms with E-state index in [1.54, 1.807) is 7.05 Å². The molecule has 2 unspecified atom stereocenters. The van der Waals surface area contributed by atoms with Crippen molar-refractivity contribution in [3.8, 4) is 0 Å². The van der Waals surface area contributed by atoms with E-state index in [2.05, 4.69) is 9.82 Å². The van der Waals surface area contributed by atoms with E-state index in [1.165, 1.54) is 16.9 Å². The molecule has 16 heavy (non-hydrogen) atoms. The fourth-order valence-electron chi connectivity index (χ4n) is 2.02. The molecule has 0 saturated heterocycles. The summed E-state index contributed by atoms with van der Waals surface area (Å²) in [6.45, 7) is 0. The van der Waals surface area contributed by atoms with E-state index < -0.39 is 10.0 Å². The monoisotopic (exact) mass is 244 g/mol. The number of sulfonamides is 1. The van der Waals surface area contributed by atoms with Crippen LogP contribution in [0.25, 0.3) is 0 Å². The van der Waals surface area contributed by atoms with Crippen molar-refractivity contribution < 1.29 is 8.42 Å². The molecule has 0 amide bonds. The molecule has 2 rings (SSSR count). The second-order valence-electron chi connectivity index (χ2n) is 4.12. The molecule has 6 nitrogen and oxygen atoms in total. The highest BCUT2D eigenvalue weighted by Crippen LogP contribution is 2.19. The Bertz CT molecular complexity index is 468. The molecule has 1 saturated carbocycles. The van der Waals surface area contributed by atoms with Crippen LogP contribution in [-0.4, -0.2) is 30.3 Å². The normalized spacial score (nSPS) is 26.1. The average Bonchev–Trinajstić information content (AvgIpc) is 2.76. The number of nitrogens with one attached hydrogen (secondary N) is 1. The zero-order valence-corrected chi connectivity index (χ0v) is 9.94. The van der Waals surface area contributed by atoms with E-state index in [9.17, 15) is 8.42 Å². The third kappa shape index (κ3) is 2.11. The Balaban J connectivity index is 2.18. The van der Waals surface area contributed by atoms with Gasteiger partial charge in [-0.1, -0.05) is 6.42 Å². The lowest BCUT2D eigenvalue weighted by atomic mass is 10.2. The van der Waals surface area contributed by atoms with Crippen molar-refractivity contribution in [2.75, 3.05) is 0 Å². The van der Waals surface area contributed by atoms with Gasteiger partial charge in [-0.05, 0) is 18.9 Å². The number of hydrogen-bond acceptors (Lipinski definition) is 4. The van der Waals surface area contributed by atoms with Gasteiger partial charge in [0, 0.05) is 19.1 Å². The lowest BCUT2D eigenvalue weighted by molar-refractivity contribution is 0.513. The minimum atomic E-state index is -3.49. The van der Waals surface area contributed by atoms with Gasteiger partial charge in [0.1, 0.15) is 0 Å². The molecule has 0 spiro atoms. The summed E-state index contributed by atoms with van der Waals surface area (Å²) in [6.07, 6.45) is 4.11. The Labute approximate surface area is 94.9 Å². The predicted molar refractivity (Wildman–Crippen MR) is 59.1 cm³/mol. The molecule has 1 heterocycles. The van der Waals surface area contributed by atoms with Crippen LogP contribution < -0.4 is 10.5 Å². The second kappa shape index (κ2) is 4.15. The lowest BCUT2D eigenvalue weighted by Gasteiger charge is -2.17. The molecular formula is C9H16N4O2S. The van der Waals surface area contributed by atoms with Crippen molar-refractivity contribution in [2.24, 2.45) is 12.8 Å². The smallest absolute Gasteiger partial charge is 0.258 e. The number of aromatic nitrogens is 2. The Hall–Kier alpha value is -0.920. The Morgan fingerprint density at radius 1 is 1.56 bits per heavy atom. The largest absolute Gasteiger partial charge is 0.326 e. The Morgan fingerprint density at radius 2 is 2.31 bits per heavy atom. The van der Waals surface area contributed by atoms with Crippen molar-refractivity contribution in [3.63, 3.8) is 0 Å². The molecule has 0 radical (unpaired) electrons. The molecule has 1 aromatic rings. The molecule has 2 atom stereocenters. The molecule has 0 bridgehead atoms. The van der Waals surface area contributed by atoms with Gasteiger partial charge in [0.2, 0.25) is 0 Å². The summed E-state index contributed by atoms with van der Waals surface area (Å²) in [4.78, 5) is 0. The Morgan fingerprint density at radius 3 is 2.81 bits per heavy atom. The molecule has 0 aromatic carbocycles. The molecule has 7 heteroatoms. The van der Waals surface area contributed by atoms with E-state index in [0.717, 1.165) is 19.3 Å². The van der Waals surface area contributed by atoms with Gasteiger partial charge in [-0.15, -0.1) is 0 Å². The highest BCUT2D eigenvalue weighted by atomic mass is 32.2. The van der Waals surface area contributed by atoms with Crippen molar-refractivity contribution in [1.82, 2.24) is 14.5 Å². The van der Waals surface area contributed by atoms with Crippen molar-refractivity contribution in [2.45, 2.75) is 36.4 Å². The third-order valence-electron chi connectivity index (χ3n) is 2.93. The van der Waals surface area contributed by atoms with Gasteiger partial charge in [0.05, 0.1) is 6.20 Å². The van der Waals surface area contributed by atoms with Crippen LogP contribution in [0.1, 0.15) is 19.3 Å². The molecule has 1 aliphatic rings. The van der Waals surface area contributed by atoms with Crippen LogP contribution in [-0.2, 0) is 17.1 Å². The zero-order valence-electron chi connectivity index (χ0n) is 9.13. The molecule has 0 aliphatic heterocycles. The van der Waals surface area contributed by atoms with Crippen LogP contribution in [0.4, 0.5) is 0 Å². The standard InChI is InChI=1S/C9H16N4O2S/c1-13-9(5-6-11-13)16(14,15)12-8-4-2-3-7(8)10/h5-8,12H,2-4,10H2,1H3. The number of nitrogens with zero attached hydrogens (tertiary/aromatic N) is 2. The van der Waals surface area contributed by atoms with Crippen LogP contribution in [0.2, 0.25) is 0 Å². The van der Waals surface area contributed by atoms with Crippen molar-refractivity contribution >= 4 is 10.0 Å². The van der Waals surface area contributed by atoms with Crippen molar-refractivity contribution in [1.29, 1.82) is 0 Å². The molecule has 1 fully saturated rings. The summed E-state index contributed by atoms with van der Waals surface area (Å²) in [5, 5.41) is 4.02. The summed E-state index contributed by atoms with van der Waals surface area (Å²) in [6, 6.07) is 1.24. The first-order chi connectivity index (χ1) is 7.50. The average molecular weight is 244 g/mol. The van der Waals surface area contributed by atoms with Crippen molar-refractivity contribution in [3.05, 3.63) is 12.3 Å². The van der Waals surface area contributed by atoms with Gasteiger partial charge in [0.25, 0.3) is 10.0 Å². The third-order valence-corrected chi connectivity index (χ3v) is 4.49. The SMILES string of the molecule is Cn1nccc1S(=O)(=O)NC1CCCC1N. The van der Waals surface area contributed by atoms with E-state index in [4.69, 9.17) is 5.73 Å². The van der Waals surface area contributed by atoms with Crippen LogP contribution >= 0.6 is 0 Å². The number of hydrogen-bond donors (Lipinski definition) is 2. The molecule has 90 valence electrons. The van der Waals surface area contributed by atoms with Gasteiger partial charge in [-0.25, -0.2) is 13.1 Å². The quantitative estimate of drug-likeness (QED) is 0.755. The highest BCUT2D eigenvalue weighted by molar-refractivity contribution is 7.89. The summed E-state index contributed by atoms with van der Waals surface area (Å²) in [7, 11) is -1.89. The summed E-state index contributed by atoms with van der Waals surface area (Å²) >= 11 is 0. The van der Waals surface area contributed by atoms with Gasteiger partial charge >= 0.3 is 0 Å². The minimum absolute atomic E-state index is 0.0806. The molecular weight excluding hydrogens is 228 g/mol. The van der Waals surface area contributed by atoms with Gasteiger partial charge < -0.3 is 5.73 Å². The number of aryl methyl sites for hydroxylation is 1. The maximum atomic E-state index is 12.0. The first kappa shape index (κ1) is 11.6. The Kier molecular flexibility index (Phi) is 3.00.